The van der Waals surface area contributed by atoms with Crippen LogP contribution in [0.1, 0.15) is 12.6 Å². The molecule has 1 aromatic rings. The minimum atomic E-state index is -0.515. The van der Waals surface area contributed by atoms with E-state index in [1.165, 1.54) is 12.1 Å². The van der Waals surface area contributed by atoms with Gasteiger partial charge in [0.15, 0.2) is 11.9 Å². The molecule has 64 valence electrons. The highest BCUT2D eigenvalue weighted by molar-refractivity contribution is 5.27. The van der Waals surface area contributed by atoms with E-state index in [0.29, 0.717) is 16.8 Å². The largest absolute Gasteiger partial charge is 0.618 e. The fourth-order valence-corrected chi connectivity index (χ4v) is 0.894. The van der Waals surface area contributed by atoms with E-state index in [2.05, 4.69) is 0 Å². The lowest BCUT2D eigenvalue weighted by molar-refractivity contribution is -0.614. The molecule has 0 aromatic carbocycles. The van der Waals surface area contributed by atoms with E-state index in [1.807, 2.05) is 0 Å². The number of aromatic nitrogens is 1. The van der Waals surface area contributed by atoms with Gasteiger partial charge in [-0.1, -0.05) is 6.92 Å². The highest BCUT2D eigenvalue weighted by Gasteiger charge is 2.11. The van der Waals surface area contributed by atoms with Crippen molar-refractivity contribution >= 4 is 5.69 Å². The van der Waals surface area contributed by atoms with Crippen LogP contribution in [0.15, 0.2) is 18.3 Å². The van der Waals surface area contributed by atoms with Crippen LogP contribution >= 0.6 is 0 Å². The summed E-state index contributed by atoms with van der Waals surface area (Å²) in [6.45, 7) is 1.77. The van der Waals surface area contributed by atoms with E-state index in [-0.39, 0.29) is 5.69 Å². The molecule has 0 unspecified atom stereocenters. The van der Waals surface area contributed by atoms with Crippen LogP contribution in [-0.4, -0.2) is 4.92 Å². The molecule has 1 heterocycles. The summed E-state index contributed by atoms with van der Waals surface area (Å²) in [5.74, 6) is 0. The molecule has 5 heteroatoms. The van der Waals surface area contributed by atoms with Gasteiger partial charge in [0.25, 0.3) is 5.69 Å². The van der Waals surface area contributed by atoms with Gasteiger partial charge in [-0.3, -0.25) is 10.1 Å². The quantitative estimate of drug-likeness (QED) is 0.283. The molecule has 0 aliphatic carbocycles. The van der Waals surface area contributed by atoms with Crippen molar-refractivity contribution in [1.29, 1.82) is 0 Å². The van der Waals surface area contributed by atoms with Gasteiger partial charge in [0.2, 0.25) is 0 Å². The molecule has 0 radical (unpaired) electrons. The van der Waals surface area contributed by atoms with Crippen molar-refractivity contribution in [3.8, 4) is 0 Å². The lowest BCUT2D eigenvalue weighted by atomic mass is 10.3. The van der Waals surface area contributed by atoms with Crippen LogP contribution in [0.5, 0.6) is 0 Å². The molecule has 0 bridgehead atoms. The first-order valence-electron chi connectivity index (χ1n) is 3.51. The topological polar surface area (TPSA) is 70.1 Å². The summed E-state index contributed by atoms with van der Waals surface area (Å²) in [6, 6.07) is 2.47. The molecular weight excluding hydrogens is 160 g/mol. The van der Waals surface area contributed by atoms with Crippen molar-refractivity contribution < 1.29 is 9.65 Å². The molecule has 0 saturated heterocycles. The third-order valence-electron chi connectivity index (χ3n) is 1.55. The van der Waals surface area contributed by atoms with Gasteiger partial charge < -0.3 is 5.21 Å². The summed E-state index contributed by atoms with van der Waals surface area (Å²) in [7, 11) is 0. The van der Waals surface area contributed by atoms with Gasteiger partial charge in [-0.05, 0) is 0 Å². The zero-order valence-corrected chi connectivity index (χ0v) is 6.56. The molecule has 1 aromatic heterocycles. The average Bonchev–Trinajstić information content (AvgIpc) is 2.05. The van der Waals surface area contributed by atoms with Crippen molar-refractivity contribution in [2.75, 3.05) is 0 Å². The van der Waals surface area contributed by atoms with E-state index < -0.39 is 4.92 Å². The van der Waals surface area contributed by atoms with Gasteiger partial charge in [-0.25, -0.2) is 0 Å². The maximum absolute atomic E-state index is 10.9. The third-order valence-corrected chi connectivity index (χ3v) is 1.55. The van der Waals surface area contributed by atoms with Crippen LogP contribution in [0.2, 0.25) is 0 Å². The third kappa shape index (κ3) is 1.50. The molecule has 0 saturated carbocycles. The number of pyridine rings is 1. The molecule has 0 spiro atoms. The maximum atomic E-state index is 10.9. The van der Waals surface area contributed by atoms with Crippen molar-refractivity contribution in [3.05, 3.63) is 39.3 Å². The van der Waals surface area contributed by atoms with Gasteiger partial charge in [0, 0.05) is 6.42 Å². The summed E-state index contributed by atoms with van der Waals surface area (Å²) >= 11 is 0. The number of nitrogens with zero attached hydrogens (tertiary/aromatic N) is 2. The Kier molecular flexibility index (Phi) is 2.23. The Morgan fingerprint density at radius 3 is 2.83 bits per heavy atom. The molecule has 0 aliphatic rings. The fourth-order valence-electron chi connectivity index (χ4n) is 0.894. The number of nitro groups is 1. The van der Waals surface area contributed by atoms with E-state index in [0.717, 1.165) is 6.20 Å². The SMILES string of the molecule is CCc1cc([N+](=O)[O-])cc[n+]1[O-]. The molecule has 0 N–H and O–H groups in total. The zero-order chi connectivity index (χ0) is 9.14. The average molecular weight is 168 g/mol. The highest BCUT2D eigenvalue weighted by atomic mass is 16.6. The summed E-state index contributed by atoms with van der Waals surface area (Å²) in [5.41, 5.74) is 0.364. The van der Waals surface area contributed by atoms with Gasteiger partial charge >= 0.3 is 0 Å². The van der Waals surface area contributed by atoms with Gasteiger partial charge in [0.1, 0.15) is 0 Å². The summed E-state index contributed by atoms with van der Waals surface area (Å²) in [4.78, 5) is 9.76. The first-order valence-corrected chi connectivity index (χ1v) is 3.51. The van der Waals surface area contributed by atoms with Crippen LogP contribution in [0, 0.1) is 15.3 Å². The van der Waals surface area contributed by atoms with Gasteiger partial charge in [-0.2, -0.15) is 4.73 Å². The predicted octanol–water partition coefficient (Wildman–Crippen LogP) is 0.791. The summed E-state index contributed by atoms with van der Waals surface area (Å²) in [5, 5.41) is 21.2. The second-order valence-electron chi connectivity index (χ2n) is 2.31. The van der Waals surface area contributed by atoms with Crippen LogP contribution in [0.4, 0.5) is 5.69 Å². The molecule has 0 aliphatic heterocycles. The minimum Gasteiger partial charge on any atom is -0.618 e. The van der Waals surface area contributed by atoms with Gasteiger partial charge in [-0.15, -0.1) is 0 Å². The van der Waals surface area contributed by atoms with Crippen LogP contribution in [-0.2, 0) is 6.42 Å². The molecule has 0 fully saturated rings. The van der Waals surface area contributed by atoms with E-state index >= 15 is 0 Å². The first kappa shape index (κ1) is 8.45. The molecule has 5 nitrogen and oxygen atoms in total. The Morgan fingerprint density at radius 1 is 1.67 bits per heavy atom. The predicted molar refractivity (Wildman–Crippen MR) is 41.4 cm³/mol. The van der Waals surface area contributed by atoms with Crippen molar-refractivity contribution in [2.24, 2.45) is 0 Å². The fraction of sp³-hybridized carbons (Fsp3) is 0.286. The Bertz CT molecular complexity index is 312. The van der Waals surface area contributed by atoms with Crippen molar-refractivity contribution in [2.45, 2.75) is 13.3 Å². The lowest BCUT2D eigenvalue weighted by Crippen LogP contribution is -2.30. The number of rotatable bonds is 2. The monoisotopic (exact) mass is 168 g/mol. The van der Waals surface area contributed by atoms with E-state index in [4.69, 9.17) is 0 Å². The van der Waals surface area contributed by atoms with E-state index in [1.54, 1.807) is 6.92 Å². The van der Waals surface area contributed by atoms with Crippen LogP contribution in [0.3, 0.4) is 0 Å². The normalized spacial score (nSPS) is 9.75. The Labute approximate surface area is 69.0 Å². The van der Waals surface area contributed by atoms with Crippen LogP contribution < -0.4 is 4.73 Å². The van der Waals surface area contributed by atoms with Crippen molar-refractivity contribution in [3.63, 3.8) is 0 Å². The molecule has 1 rings (SSSR count). The van der Waals surface area contributed by atoms with Crippen LogP contribution in [0.25, 0.3) is 0 Å². The Hall–Kier alpha value is -1.65. The minimum absolute atomic E-state index is 0.0426. The Balaban J connectivity index is 3.13. The molecular formula is C7H8N2O3. The summed E-state index contributed by atoms with van der Waals surface area (Å²) < 4.78 is 0.632. The lowest BCUT2D eigenvalue weighted by Gasteiger charge is -2.00. The van der Waals surface area contributed by atoms with Crippen molar-refractivity contribution in [1.82, 2.24) is 0 Å². The zero-order valence-electron chi connectivity index (χ0n) is 6.56. The second kappa shape index (κ2) is 3.17. The Morgan fingerprint density at radius 2 is 2.33 bits per heavy atom. The number of hydrogen-bond acceptors (Lipinski definition) is 3. The number of aryl methyl sites for hydroxylation is 1. The summed E-state index contributed by atoms with van der Waals surface area (Å²) in [6.07, 6.45) is 1.64. The van der Waals surface area contributed by atoms with Gasteiger partial charge in [0.05, 0.1) is 17.1 Å². The second-order valence-corrected chi connectivity index (χ2v) is 2.31. The first-order chi connectivity index (χ1) is 5.65. The standard InChI is InChI=1S/C7H8N2O3/c1-2-6-5-7(9(11)12)3-4-8(6)10/h3-5H,2H2,1H3. The number of hydrogen-bond donors (Lipinski definition) is 0. The molecule has 0 amide bonds. The smallest absolute Gasteiger partial charge is 0.281 e. The highest BCUT2D eigenvalue weighted by Crippen LogP contribution is 2.09. The maximum Gasteiger partial charge on any atom is 0.281 e. The molecule has 0 atom stereocenters. The molecule has 12 heavy (non-hydrogen) atoms. The van der Waals surface area contributed by atoms with E-state index in [9.17, 15) is 15.3 Å².